The molecule has 3 aliphatic rings. The van der Waals surface area contributed by atoms with E-state index in [2.05, 4.69) is 25.7 Å². The molecule has 0 radical (unpaired) electrons. The quantitative estimate of drug-likeness (QED) is 0.206. The topological polar surface area (TPSA) is 115 Å². The van der Waals surface area contributed by atoms with E-state index >= 15 is 0 Å². The van der Waals surface area contributed by atoms with Gasteiger partial charge < -0.3 is 34.4 Å². The van der Waals surface area contributed by atoms with Gasteiger partial charge in [0.25, 0.3) is 0 Å². The summed E-state index contributed by atoms with van der Waals surface area (Å²) in [7, 11) is 0. The molecule has 228 valence electrons. The molecule has 11 heteroatoms. The minimum absolute atomic E-state index is 0.0403. The number of carbonyl (C=O) groups excluding carboxylic acids is 1. The van der Waals surface area contributed by atoms with Crippen LogP contribution in [0.25, 0.3) is 10.8 Å². The fraction of sp³-hybridized carbons (Fsp3) is 0.469. The second kappa shape index (κ2) is 13.6. The van der Waals surface area contributed by atoms with Gasteiger partial charge in [-0.15, -0.1) is 0 Å². The summed E-state index contributed by atoms with van der Waals surface area (Å²) in [5.74, 6) is 1.05. The van der Waals surface area contributed by atoms with Crippen molar-refractivity contribution in [2.45, 2.75) is 25.4 Å². The van der Waals surface area contributed by atoms with E-state index in [1.54, 1.807) is 12.3 Å². The number of allylic oxidation sites excluding steroid dienone is 1. The molecule has 6 rings (SSSR count). The maximum absolute atomic E-state index is 10.9. The number of phenols is 1. The Kier molecular flexibility index (Phi) is 9.21. The second-order valence-corrected chi connectivity index (χ2v) is 11.3. The van der Waals surface area contributed by atoms with E-state index < -0.39 is 0 Å². The molecule has 11 nitrogen and oxygen atoms in total. The normalized spacial score (nSPS) is 19.7. The van der Waals surface area contributed by atoms with E-state index in [9.17, 15) is 15.0 Å². The standard InChI is InChI=1S/C32H40N6O5/c39-15-3-8-36-11-12-38(25(21-36)23-40)31-28-7-10-37(30-20-26(41)19-24-5-1-2-6-27(24)30)22-29(28)33-32(34-31)43-16-4-9-35-13-17-42-18-14-35/h1-3,5-6,8,15,19-20,25,40-41H,4,7,9-14,16-18,21-23H2/t25-/m1/s1. The lowest BCUT2D eigenvalue weighted by Crippen LogP contribution is -2.54. The summed E-state index contributed by atoms with van der Waals surface area (Å²) in [5.41, 5.74) is 2.93. The zero-order valence-electron chi connectivity index (χ0n) is 24.5. The van der Waals surface area contributed by atoms with Crippen molar-refractivity contribution < 1.29 is 24.5 Å². The van der Waals surface area contributed by atoms with Crippen LogP contribution in [0.3, 0.4) is 0 Å². The van der Waals surface area contributed by atoms with Crippen LogP contribution in [0, 0.1) is 0 Å². The van der Waals surface area contributed by atoms with Crippen molar-refractivity contribution in [3.05, 3.63) is 59.9 Å². The molecule has 2 saturated heterocycles. The molecule has 4 heterocycles. The maximum Gasteiger partial charge on any atom is 0.318 e. The average molecular weight is 589 g/mol. The van der Waals surface area contributed by atoms with Crippen LogP contribution in [0.1, 0.15) is 17.7 Å². The number of benzene rings is 2. The van der Waals surface area contributed by atoms with E-state index in [1.807, 2.05) is 24.3 Å². The van der Waals surface area contributed by atoms with E-state index in [0.717, 1.165) is 92.1 Å². The van der Waals surface area contributed by atoms with Gasteiger partial charge in [-0.05, 0) is 30.4 Å². The number of anilines is 2. The molecule has 3 aliphatic heterocycles. The molecule has 0 bridgehead atoms. The fourth-order valence-electron chi connectivity index (χ4n) is 6.32. The van der Waals surface area contributed by atoms with Gasteiger partial charge in [-0.3, -0.25) is 9.69 Å². The molecule has 1 atom stereocenters. The van der Waals surface area contributed by atoms with Crippen molar-refractivity contribution in [2.75, 3.05) is 82.0 Å². The highest BCUT2D eigenvalue weighted by atomic mass is 16.5. The number of fused-ring (bicyclic) bond motifs is 2. The Morgan fingerprint density at radius 2 is 1.93 bits per heavy atom. The van der Waals surface area contributed by atoms with E-state index in [4.69, 9.17) is 19.4 Å². The van der Waals surface area contributed by atoms with Gasteiger partial charge in [0.2, 0.25) is 0 Å². The first-order valence-corrected chi connectivity index (χ1v) is 15.2. The molecule has 2 N–H and O–H groups in total. The molecule has 0 aliphatic carbocycles. The van der Waals surface area contributed by atoms with Gasteiger partial charge in [0.15, 0.2) is 0 Å². The van der Waals surface area contributed by atoms with Gasteiger partial charge in [-0.1, -0.05) is 24.3 Å². The van der Waals surface area contributed by atoms with Crippen LogP contribution in [0.4, 0.5) is 11.5 Å². The first-order valence-electron chi connectivity index (χ1n) is 15.2. The number of aliphatic hydroxyl groups is 1. The number of morpholine rings is 1. The second-order valence-electron chi connectivity index (χ2n) is 11.3. The summed E-state index contributed by atoms with van der Waals surface area (Å²) >= 11 is 0. The first kappa shape index (κ1) is 29.2. The summed E-state index contributed by atoms with van der Waals surface area (Å²) in [6.45, 7) is 8.04. The number of piperazine rings is 1. The molecule has 3 aromatic rings. The Labute approximate surface area is 251 Å². The largest absolute Gasteiger partial charge is 0.508 e. The molecule has 2 aromatic carbocycles. The van der Waals surface area contributed by atoms with Crippen molar-refractivity contribution in [1.82, 2.24) is 19.8 Å². The number of hydrogen-bond donors (Lipinski definition) is 2. The number of aldehydes is 1. The highest BCUT2D eigenvalue weighted by Crippen LogP contribution is 2.37. The van der Waals surface area contributed by atoms with Gasteiger partial charge in [-0.25, -0.2) is 0 Å². The summed E-state index contributed by atoms with van der Waals surface area (Å²) < 4.78 is 11.6. The molecule has 1 aromatic heterocycles. The summed E-state index contributed by atoms with van der Waals surface area (Å²) in [5, 5.41) is 22.9. The molecule has 0 saturated carbocycles. The van der Waals surface area contributed by atoms with Crippen LogP contribution in [0.5, 0.6) is 11.8 Å². The van der Waals surface area contributed by atoms with Crippen LogP contribution < -0.4 is 14.5 Å². The molecule has 0 unspecified atom stereocenters. The number of hydrogen-bond acceptors (Lipinski definition) is 11. The fourth-order valence-corrected chi connectivity index (χ4v) is 6.32. The third kappa shape index (κ3) is 6.69. The van der Waals surface area contributed by atoms with E-state index in [1.165, 1.54) is 6.08 Å². The number of aliphatic hydroxyl groups excluding tert-OH is 1. The Morgan fingerprint density at radius 3 is 2.77 bits per heavy atom. The summed E-state index contributed by atoms with van der Waals surface area (Å²) in [4.78, 5) is 29.6. The van der Waals surface area contributed by atoms with Crippen molar-refractivity contribution >= 4 is 28.6 Å². The van der Waals surface area contributed by atoms with Crippen molar-refractivity contribution in [2.24, 2.45) is 0 Å². The highest BCUT2D eigenvalue weighted by Gasteiger charge is 2.32. The Morgan fingerprint density at radius 1 is 1.07 bits per heavy atom. The van der Waals surface area contributed by atoms with Gasteiger partial charge in [0.1, 0.15) is 17.9 Å². The van der Waals surface area contributed by atoms with Gasteiger partial charge in [0.05, 0.1) is 44.7 Å². The summed E-state index contributed by atoms with van der Waals surface area (Å²) in [6.07, 6.45) is 5.61. The van der Waals surface area contributed by atoms with Gasteiger partial charge in [0, 0.05) is 74.7 Å². The average Bonchev–Trinajstić information content (AvgIpc) is 3.05. The lowest BCUT2D eigenvalue weighted by atomic mass is 10.0. The maximum atomic E-state index is 10.9. The third-order valence-electron chi connectivity index (χ3n) is 8.51. The van der Waals surface area contributed by atoms with Crippen molar-refractivity contribution in [1.29, 1.82) is 0 Å². The number of ether oxygens (including phenoxy) is 2. The number of rotatable bonds is 10. The van der Waals surface area contributed by atoms with Crippen LogP contribution in [0.15, 0.2) is 48.7 Å². The Hall–Kier alpha value is -3.93. The van der Waals surface area contributed by atoms with E-state index in [-0.39, 0.29) is 18.4 Å². The van der Waals surface area contributed by atoms with Crippen molar-refractivity contribution in [3.8, 4) is 11.8 Å². The first-order chi connectivity index (χ1) is 21.1. The number of phenolic OH excluding ortho intramolecular Hbond substituents is 1. The number of carbonyl (C=O) groups is 1. The molecular formula is C32H40N6O5. The smallest absolute Gasteiger partial charge is 0.318 e. The zero-order valence-corrected chi connectivity index (χ0v) is 24.5. The van der Waals surface area contributed by atoms with Crippen LogP contribution in [-0.4, -0.2) is 115 Å². The monoisotopic (exact) mass is 588 g/mol. The lowest BCUT2D eigenvalue weighted by molar-refractivity contribution is -0.104. The van der Waals surface area contributed by atoms with E-state index in [0.29, 0.717) is 38.8 Å². The predicted molar refractivity (Wildman–Crippen MR) is 165 cm³/mol. The van der Waals surface area contributed by atoms with Crippen LogP contribution in [0.2, 0.25) is 0 Å². The third-order valence-corrected chi connectivity index (χ3v) is 8.51. The van der Waals surface area contributed by atoms with Crippen molar-refractivity contribution in [3.63, 3.8) is 0 Å². The minimum atomic E-state index is -0.189. The Balaban J connectivity index is 1.27. The molecule has 0 amide bonds. The minimum Gasteiger partial charge on any atom is -0.508 e. The predicted octanol–water partition coefficient (Wildman–Crippen LogP) is 2.19. The Bertz CT molecular complexity index is 1450. The SMILES string of the molecule is O=CC=CN1CCN(c2nc(OCCCN3CCOCC3)nc3c2CCN(c2cc(O)cc4ccccc24)C3)[C@@H](CO)C1. The molecular weight excluding hydrogens is 548 g/mol. The molecule has 2 fully saturated rings. The number of nitrogens with zero attached hydrogens (tertiary/aromatic N) is 6. The number of aromatic nitrogens is 2. The lowest BCUT2D eigenvalue weighted by Gasteiger charge is -2.42. The summed E-state index contributed by atoms with van der Waals surface area (Å²) in [6, 6.07) is 11.9. The molecule has 43 heavy (non-hydrogen) atoms. The highest BCUT2D eigenvalue weighted by molar-refractivity contribution is 5.95. The zero-order chi connectivity index (χ0) is 29.6. The van der Waals surface area contributed by atoms with Crippen LogP contribution in [-0.2, 0) is 22.5 Å². The van der Waals surface area contributed by atoms with Crippen LogP contribution >= 0.6 is 0 Å². The van der Waals surface area contributed by atoms with Gasteiger partial charge >= 0.3 is 6.01 Å². The molecule has 0 spiro atoms. The number of aromatic hydroxyl groups is 1. The van der Waals surface area contributed by atoms with Gasteiger partial charge in [-0.2, -0.15) is 9.97 Å².